The van der Waals surface area contributed by atoms with Gasteiger partial charge in [-0.3, -0.25) is 9.89 Å². The van der Waals surface area contributed by atoms with Gasteiger partial charge in [0, 0.05) is 29.5 Å². The number of aromatic nitrogens is 3. The third-order valence-corrected chi connectivity index (χ3v) is 4.47. The fourth-order valence-corrected chi connectivity index (χ4v) is 3.25. The van der Waals surface area contributed by atoms with Gasteiger partial charge in [-0.2, -0.15) is 5.10 Å². The van der Waals surface area contributed by atoms with Crippen LogP contribution in [0.3, 0.4) is 0 Å². The molecule has 0 aliphatic carbocycles. The van der Waals surface area contributed by atoms with Crippen LogP contribution in [-0.4, -0.2) is 35.3 Å². The molecule has 1 amide bonds. The highest BCUT2D eigenvalue weighted by Crippen LogP contribution is 2.41. The summed E-state index contributed by atoms with van der Waals surface area (Å²) in [5, 5.41) is 10.2. The van der Waals surface area contributed by atoms with E-state index in [1.807, 2.05) is 36.4 Å². The fraction of sp³-hybridized carbons (Fsp3) is 0.211. The van der Waals surface area contributed by atoms with Crippen molar-refractivity contribution in [1.82, 2.24) is 15.2 Å². The minimum atomic E-state index is -0.214. The van der Waals surface area contributed by atoms with Gasteiger partial charge in [-0.1, -0.05) is 18.2 Å². The van der Waals surface area contributed by atoms with Gasteiger partial charge >= 0.3 is 0 Å². The first-order valence-electron chi connectivity index (χ1n) is 8.23. The number of methoxy groups -OCH3 is 2. The van der Waals surface area contributed by atoms with Gasteiger partial charge in [-0.05, 0) is 18.2 Å². The molecule has 3 heterocycles. The number of carbonyl (C=O) groups is 1. The van der Waals surface area contributed by atoms with E-state index in [4.69, 9.17) is 9.47 Å². The minimum Gasteiger partial charge on any atom is -0.497 e. The van der Waals surface area contributed by atoms with Crippen LogP contribution in [0, 0.1) is 0 Å². The lowest BCUT2D eigenvalue weighted by Crippen LogP contribution is -2.24. The second-order valence-corrected chi connectivity index (χ2v) is 6.00. The SMILES string of the molecule is COc1cccc(-c2[nH]nc3c2C(c2cccc(OC)n2)CC(=O)N3)c1. The molecule has 1 aliphatic rings. The zero-order chi connectivity index (χ0) is 18.1. The van der Waals surface area contributed by atoms with Crippen molar-refractivity contribution in [2.75, 3.05) is 19.5 Å². The van der Waals surface area contributed by atoms with E-state index in [0.29, 0.717) is 18.1 Å². The Balaban J connectivity index is 1.85. The number of H-pyrrole nitrogens is 1. The summed E-state index contributed by atoms with van der Waals surface area (Å²) in [5.41, 5.74) is 3.46. The Bertz CT molecular complexity index is 967. The van der Waals surface area contributed by atoms with Crippen LogP contribution in [0.15, 0.2) is 42.5 Å². The molecule has 1 aromatic carbocycles. The Hall–Kier alpha value is -3.35. The number of hydrogen-bond donors (Lipinski definition) is 2. The normalized spacial score (nSPS) is 15.9. The van der Waals surface area contributed by atoms with Gasteiger partial charge in [0.15, 0.2) is 5.82 Å². The molecule has 0 bridgehead atoms. The molecule has 1 unspecified atom stereocenters. The monoisotopic (exact) mass is 350 g/mol. The summed E-state index contributed by atoms with van der Waals surface area (Å²) in [5.74, 6) is 1.50. The Morgan fingerprint density at radius 2 is 1.96 bits per heavy atom. The predicted molar refractivity (Wildman–Crippen MR) is 96.5 cm³/mol. The zero-order valence-corrected chi connectivity index (χ0v) is 14.4. The number of benzene rings is 1. The molecule has 0 radical (unpaired) electrons. The van der Waals surface area contributed by atoms with Gasteiger partial charge in [-0.25, -0.2) is 4.98 Å². The van der Waals surface area contributed by atoms with E-state index >= 15 is 0 Å². The molecular formula is C19H18N4O3. The number of anilines is 1. The molecule has 0 saturated carbocycles. The molecule has 132 valence electrons. The van der Waals surface area contributed by atoms with Gasteiger partial charge in [0.25, 0.3) is 0 Å². The van der Waals surface area contributed by atoms with Crippen molar-refractivity contribution in [3.63, 3.8) is 0 Å². The number of aromatic amines is 1. The number of rotatable bonds is 4. The maximum atomic E-state index is 12.2. The molecule has 26 heavy (non-hydrogen) atoms. The summed E-state index contributed by atoms with van der Waals surface area (Å²) in [4.78, 5) is 16.7. The number of ether oxygens (including phenoxy) is 2. The second-order valence-electron chi connectivity index (χ2n) is 6.00. The van der Waals surface area contributed by atoms with Crippen molar-refractivity contribution in [3.05, 3.63) is 53.7 Å². The average molecular weight is 350 g/mol. The van der Waals surface area contributed by atoms with Crippen molar-refractivity contribution in [3.8, 4) is 22.9 Å². The van der Waals surface area contributed by atoms with E-state index in [1.54, 1.807) is 20.3 Å². The molecule has 7 heteroatoms. The molecule has 3 aromatic rings. The quantitative estimate of drug-likeness (QED) is 0.755. The van der Waals surface area contributed by atoms with Crippen LogP contribution in [0.2, 0.25) is 0 Å². The molecule has 0 saturated heterocycles. The Morgan fingerprint density at radius 1 is 1.12 bits per heavy atom. The van der Waals surface area contributed by atoms with Crippen LogP contribution >= 0.6 is 0 Å². The topological polar surface area (TPSA) is 89.1 Å². The Labute approximate surface area is 150 Å². The van der Waals surface area contributed by atoms with Gasteiger partial charge in [0.2, 0.25) is 11.8 Å². The highest BCUT2D eigenvalue weighted by molar-refractivity contribution is 5.96. The first kappa shape index (κ1) is 16.1. The summed E-state index contributed by atoms with van der Waals surface area (Å²) >= 11 is 0. The standard InChI is InChI=1S/C19H18N4O3/c1-25-12-6-3-5-11(9-12)18-17-13(10-15(24)21-19(17)23-22-18)14-7-4-8-16(20-14)26-2/h3-9,13H,10H2,1-2H3,(H2,21,22,23,24). The summed E-state index contributed by atoms with van der Waals surface area (Å²) in [7, 11) is 3.20. The van der Waals surface area contributed by atoms with Crippen molar-refractivity contribution in [2.24, 2.45) is 0 Å². The molecule has 2 aromatic heterocycles. The molecular weight excluding hydrogens is 332 g/mol. The molecule has 1 atom stereocenters. The lowest BCUT2D eigenvalue weighted by Gasteiger charge is -2.23. The Morgan fingerprint density at radius 3 is 2.77 bits per heavy atom. The van der Waals surface area contributed by atoms with Crippen LogP contribution in [0.4, 0.5) is 5.82 Å². The molecule has 4 rings (SSSR count). The highest BCUT2D eigenvalue weighted by atomic mass is 16.5. The predicted octanol–water partition coefficient (Wildman–Crippen LogP) is 2.96. The molecule has 1 aliphatic heterocycles. The highest BCUT2D eigenvalue weighted by Gasteiger charge is 2.33. The molecule has 0 spiro atoms. The van der Waals surface area contributed by atoms with Gasteiger partial charge in [0.1, 0.15) is 5.75 Å². The van der Waals surface area contributed by atoms with Gasteiger partial charge < -0.3 is 14.8 Å². The number of pyridine rings is 1. The van der Waals surface area contributed by atoms with Gasteiger partial charge in [0.05, 0.1) is 25.6 Å². The molecule has 0 fully saturated rings. The lowest BCUT2D eigenvalue weighted by molar-refractivity contribution is -0.116. The number of amides is 1. The number of nitrogens with one attached hydrogen (secondary N) is 2. The summed E-state index contributed by atoms with van der Waals surface area (Å²) < 4.78 is 10.6. The molecule has 7 nitrogen and oxygen atoms in total. The van der Waals surface area contributed by atoms with Gasteiger partial charge in [-0.15, -0.1) is 0 Å². The maximum Gasteiger partial charge on any atom is 0.226 e. The number of carbonyl (C=O) groups excluding carboxylic acids is 1. The average Bonchev–Trinajstić information content (AvgIpc) is 3.11. The summed E-state index contributed by atoms with van der Waals surface area (Å²) in [6.07, 6.45) is 0.295. The van der Waals surface area contributed by atoms with Crippen LogP contribution in [0.1, 0.15) is 23.6 Å². The zero-order valence-electron chi connectivity index (χ0n) is 14.4. The van der Waals surface area contributed by atoms with E-state index in [0.717, 1.165) is 28.3 Å². The number of nitrogens with zero attached hydrogens (tertiary/aromatic N) is 2. The van der Waals surface area contributed by atoms with Crippen LogP contribution in [0.25, 0.3) is 11.3 Å². The van der Waals surface area contributed by atoms with Crippen LogP contribution < -0.4 is 14.8 Å². The van der Waals surface area contributed by atoms with Crippen molar-refractivity contribution in [2.45, 2.75) is 12.3 Å². The second kappa shape index (κ2) is 6.51. The first-order chi connectivity index (χ1) is 12.7. The largest absolute Gasteiger partial charge is 0.497 e. The fourth-order valence-electron chi connectivity index (χ4n) is 3.25. The van der Waals surface area contributed by atoms with E-state index in [1.165, 1.54) is 0 Å². The first-order valence-corrected chi connectivity index (χ1v) is 8.23. The minimum absolute atomic E-state index is 0.0872. The number of hydrogen-bond acceptors (Lipinski definition) is 5. The third-order valence-electron chi connectivity index (χ3n) is 4.47. The summed E-state index contributed by atoms with van der Waals surface area (Å²) in [6.45, 7) is 0. The molecule has 2 N–H and O–H groups in total. The summed E-state index contributed by atoms with van der Waals surface area (Å²) in [6, 6.07) is 13.3. The smallest absolute Gasteiger partial charge is 0.226 e. The van der Waals surface area contributed by atoms with Crippen LogP contribution in [-0.2, 0) is 4.79 Å². The van der Waals surface area contributed by atoms with E-state index in [9.17, 15) is 4.79 Å². The Kier molecular flexibility index (Phi) is 4.04. The van der Waals surface area contributed by atoms with E-state index in [-0.39, 0.29) is 11.8 Å². The number of fused-ring (bicyclic) bond motifs is 1. The van der Waals surface area contributed by atoms with Crippen molar-refractivity contribution >= 4 is 11.7 Å². The lowest BCUT2D eigenvalue weighted by atomic mass is 9.87. The van der Waals surface area contributed by atoms with Crippen molar-refractivity contribution in [1.29, 1.82) is 0 Å². The maximum absolute atomic E-state index is 12.2. The van der Waals surface area contributed by atoms with Crippen molar-refractivity contribution < 1.29 is 14.3 Å². The van der Waals surface area contributed by atoms with Crippen LogP contribution in [0.5, 0.6) is 11.6 Å². The third kappa shape index (κ3) is 2.77. The van der Waals surface area contributed by atoms with E-state index in [2.05, 4.69) is 20.5 Å². The van der Waals surface area contributed by atoms with E-state index < -0.39 is 0 Å².